The minimum atomic E-state index is -1.25. The molecule has 0 radical (unpaired) electrons. The van der Waals surface area contributed by atoms with Crippen LogP contribution in [0.2, 0.25) is 0 Å². The number of carbonyl (C=O) groups is 2. The van der Waals surface area contributed by atoms with Gasteiger partial charge in [-0.1, -0.05) is 109 Å². The molecule has 0 aliphatic heterocycles. The molecule has 0 fully saturated rings. The lowest BCUT2D eigenvalue weighted by molar-refractivity contribution is -0.133. The molecular weight excluding hydrogens is 687 g/mol. The fraction of sp³-hybridized carbons (Fsp3) is 0.0213. The van der Waals surface area contributed by atoms with Crippen molar-refractivity contribution in [2.45, 2.75) is 0 Å². The van der Waals surface area contributed by atoms with Gasteiger partial charge in [0.15, 0.2) is 0 Å². The van der Waals surface area contributed by atoms with Crippen LogP contribution in [0.1, 0.15) is 33.4 Å². The highest BCUT2D eigenvalue weighted by Gasteiger charge is 2.14. The quantitative estimate of drug-likeness (QED) is 0.0743. The molecule has 8 heteroatoms. The summed E-state index contributed by atoms with van der Waals surface area (Å²) in [5.74, 6) is -1.70. The van der Waals surface area contributed by atoms with Crippen molar-refractivity contribution in [2.24, 2.45) is 0 Å². The van der Waals surface area contributed by atoms with E-state index < -0.39 is 11.9 Å². The highest BCUT2D eigenvalue weighted by molar-refractivity contribution is 5.95. The number of nitrogens with zero attached hydrogens (tertiary/aromatic N) is 3. The van der Waals surface area contributed by atoms with E-state index in [0.717, 1.165) is 55.8 Å². The second kappa shape index (κ2) is 17.1. The predicted octanol–water partition coefficient (Wildman–Crippen LogP) is 11.3. The molecule has 8 nitrogen and oxygen atoms in total. The van der Waals surface area contributed by atoms with E-state index >= 15 is 0 Å². The van der Waals surface area contributed by atoms with Crippen molar-refractivity contribution in [3.63, 3.8) is 0 Å². The van der Waals surface area contributed by atoms with E-state index in [9.17, 15) is 9.59 Å². The number of benzene rings is 6. The summed E-state index contributed by atoms with van der Waals surface area (Å²) in [6.07, 6.45) is 10.7. The molecule has 0 heterocycles. The van der Waals surface area contributed by atoms with Gasteiger partial charge in [0.25, 0.3) is 11.4 Å². The lowest BCUT2D eigenvalue weighted by Crippen LogP contribution is -2.09. The number of rotatable bonds is 12. The predicted molar refractivity (Wildman–Crippen MR) is 220 cm³/mol. The molecule has 55 heavy (non-hydrogen) atoms. The van der Waals surface area contributed by atoms with E-state index in [1.165, 1.54) is 12.2 Å². The fourth-order valence-corrected chi connectivity index (χ4v) is 5.78. The molecule has 6 aromatic carbocycles. The molecule has 0 saturated heterocycles. The van der Waals surface area contributed by atoms with E-state index in [4.69, 9.17) is 28.1 Å². The molecule has 2 N–H and O–H groups in total. The Balaban J connectivity index is 1.25. The summed E-state index contributed by atoms with van der Waals surface area (Å²) < 4.78 is 5.43. The third-order valence-corrected chi connectivity index (χ3v) is 8.69. The zero-order valence-corrected chi connectivity index (χ0v) is 29.6. The largest absolute Gasteiger partial charge is 0.497 e. The highest BCUT2D eigenvalue weighted by atomic mass is 16.5. The average Bonchev–Trinajstić information content (AvgIpc) is 3.21. The molecule has 0 unspecified atom stereocenters. The highest BCUT2D eigenvalue weighted by Crippen LogP contribution is 2.37. The van der Waals surface area contributed by atoms with Gasteiger partial charge in [-0.05, 0) is 105 Å². The fourth-order valence-electron chi connectivity index (χ4n) is 5.78. The summed E-state index contributed by atoms with van der Waals surface area (Å²) in [5, 5.41) is 20.4. The Kier molecular flexibility index (Phi) is 11.4. The third-order valence-electron chi connectivity index (χ3n) is 8.69. The van der Waals surface area contributed by atoms with Crippen LogP contribution in [0.25, 0.3) is 56.9 Å². The van der Waals surface area contributed by atoms with Crippen LogP contribution in [0.4, 0.5) is 17.1 Å². The van der Waals surface area contributed by atoms with Crippen LogP contribution in [-0.4, -0.2) is 29.3 Å². The van der Waals surface area contributed by atoms with Crippen molar-refractivity contribution < 1.29 is 24.5 Å². The molecule has 0 saturated carbocycles. The number of ether oxygens (including phenoxy) is 1. The van der Waals surface area contributed by atoms with Gasteiger partial charge < -0.3 is 19.8 Å². The van der Waals surface area contributed by atoms with Gasteiger partial charge >= 0.3 is 11.9 Å². The molecule has 0 atom stereocenters. The SMILES string of the molecule is [C-]#[N+]/C(=C\c1ccc(/C=C/c2ccc(N(c3ccc(/C=C/c4ccc(/C=C(\[N+]#[C-])C(=O)O)cc4)cc3)c3ccc4cc(OC)ccc4c3)cc2)cc1)C(=O)O. The maximum Gasteiger partial charge on any atom is 0.333 e. The zero-order valence-electron chi connectivity index (χ0n) is 29.6. The van der Waals surface area contributed by atoms with Gasteiger partial charge in [-0.15, -0.1) is 0 Å². The Morgan fingerprint density at radius 1 is 0.509 bits per heavy atom. The minimum absolute atomic E-state index is 0.333. The van der Waals surface area contributed by atoms with Crippen molar-refractivity contribution >= 4 is 76.2 Å². The number of methoxy groups -OCH3 is 1. The van der Waals surface area contributed by atoms with E-state index in [-0.39, 0.29) is 11.4 Å². The van der Waals surface area contributed by atoms with E-state index in [1.54, 1.807) is 31.4 Å². The summed E-state index contributed by atoms with van der Waals surface area (Å²) in [6.45, 7) is 14.1. The summed E-state index contributed by atoms with van der Waals surface area (Å²) >= 11 is 0. The smallest absolute Gasteiger partial charge is 0.333 e. The average molecular weight is 720 g/mol. The second-order valence-corrected chi connectivity index (χ2v) is 12.3. The summed E-state index contributed by atoms with van der Waals surface area (Å²) in [5.41, 5.74) is 7.41. The Labute approximate surface area is 318 Å². The molecule has 0 bridgehead atoms. The maximum absolute atomic E-state index is 11.2. The Hall–Kier alpha value is -7.94. The van der Waals surface area contributed by atoms with Crippen LogP contribution in [-0.2, 0) is 9.59 Å². The van der Waals surface area contributed by atoms with Crippen LogP contribution >= 0.6 is 0 Å². The molecule has 6 aromatic rings. The van der Waals surface area contributed by atoms with Crippen molar-refractivity contribution in [3.05, 3.63) is 201 Å². The van der Waals surface area contributed by atoms with E-state index in [2.05, 4.69) is 87.4 Å². The van der Waals surface area contributed by atoms with Crippen molar-refractivity contribution in [1.29, 1.82) is 0 Å². The first-order valence-corrected chi connectivity index (χ1v) is 17.0. The summed E-state index contributed by atoms with van der Waals surface area (Å²) in [4.78, 5) is 30.7. The standard InChI is InChI=1S/C47H33N3O5/c1-48-44(46(51)52)28-36-12-8-32(9-13-36)4-6-34-16-22-40(23-17-34)50(42-26-20-39-31-43(55-3)27-21-38(39)30-42)41-24-18-35(19-25-41)7-5-33-10-14-37(15-11-33)29-45(49-2)47(53)54/h4-31H,3H3,(H,51,52)(H,53,54)/b6-4+,7-5+,44-28-,45-29-. The number of fused-ring (bicyclic) bond motifs is 1. The maximum atomic E-state index is 11.2. The molecule has 0 spiro atoms. The van der Waals surface area contributed by atoms with Gasteiger partial charge in [0.2, 0.25) is 0 Å². The van der Waals surface area contributed by atoms with Crippen LogP contribution in [0.3, 0.4) is 0 Å². The van der Waals surface area contributed by atoms with Crippen molar-refractivity contribution in [3.8, 4) is 5.75 Å². The van der Waals surface area contributed by atoms with Crippen molar-refractivity contribution in [1.82, 2.24) is 0 Å². The number of hydrogen-bond acceptors (Lipinski definition) is 4. The molecule has 0 aliphatic rings. The van der Waals surface area contributed by atoms with Gasteiger partial charge in [0.05, 0.1) is 20.3 Å². The minimum Gasteiger partial charge on any atom is -0.497 e. The number of carboxylic acids is 2. The third kappa shape index (κ3) is 9.30. The van der Waals surface area contributed by atoms with Gasteiger partial charge in [-0.3, -0.25) is 9.59 Å². The molecule has 0 aromatic heterocycles. The number of aliphatic carboxylic acids is 2. The van der Waals surface area contributed by atoms with Gasteiger partial charge in [-0.25, -0.2) is 9.69 Å². The lowest BCUT2D eigenvalue weighted by atomic mass is 10.1. The number of anilines is 3. The normalized spacial score (nSPS) is 11.7. The molecule has 0 amide bonds. The molecule has 6 rings (SSSR count). The zero-order chi connectivity index (χ0) is 38.7. The Bertz CT molecular complexity index is 2430. The molecule has 266 valence electrons. The van der Waals surface area contributed by atoms with Gasteiger partial charge in [0.1, 0.15) is 5.75 Å². The topological polar surface area (TPSA) is 95.8 Å². The van der Waals surface area contributed by atoms with Crippen LogP contribution < -0.4 is 9.64 Å². The molecular formula is C47H33N3O5. The van der Waals surface area contributed by atoms with Crippen LogP contribution in [0, 0.1) is 13.1 Å². The second-order valence-electron chi connectivity index (χ2n) is 12.3. The number of hydrogen-bond donors (Lipinski definition) is 2. The van der Waals surface area contributed by atoms with E-state index in [1.807, 2.05) is 60.7 Å². The number of carboxylic acid groups (broad SMARTS) is 2. The first-order valence-electron chi connectivity index (χ1n) is 17.0. The van der Waals surface area contributed by atoms with Gasteiger partial charge in [0, 0.05) is 17.1 Å². The first-order chi connectivity index (χ1) is 26.7. The van der Waals surface area contributed by atoms with Crippen LogP contribution in [0.15, 0.2) is 145 Å². The summed E-state index contributed by atoms with van der Waals surface area (Å²) in [7, 11) is 1.66. The van der Waals surface area contributed by atoms with Crippen molar-refractivity contribution in [2.75, 3.05) is 12.0 Å². The monoisotopic (exact) mass is 719 g/mol. The van der Waals surface area contributed by atoms with Crippen LogP contribution in [0.5, 0.6) is 5.75 Å². The van der Waals surface area contributed by atoms with E-state index in [0.29, 0.717) is 11.1 Å². The lowest BCUT2D eigenvalue weighted by Gasteiger charge is -2.26. The Morgan fingerprint density at radius 3 is 1.24 bits per heavy atom. The first kappa shape index (κ1) is 36.8. The Morgan fingerprint density at radius 2 is 0.855 bits per heavy atom. The molecule has 0 aliphatic carbocycles. The summed E-state index contributed by atoms with van der Waals surface area (Å²) in [6, 6.07) is 43.5. The van der Waals surface area contributed by atoms with Gasteiger partial charge in [-0.2, -0.15) is 0 Å².